The second kappa shape index (κ2) is 6.54. The average Bonchev–Trinajstić information content (AvgIpc) is 2.33. The number of benzene rings is 1. The number of carbonyl (C=O) groups is 1. The van der Waals surface area contributed by atoms with Crippen LogP contribution in [0.3, 0.4) is 0 Å². The zero-order chi connectivity index (χ0) is 13.6. The molecule has 1 amide bonds. The van der Waals surface area contributed by atoms with Gasteiger partial charge in [0.2, 0.25) is 0 Å². The van der Waals surface area contributed by atoms with Crippen LogP contribution in [0, 0.1) is 0 Å². The molecule has 0 saturated carbocycles. The van der Waals surface area contributed by atoms with Gasteiger partial charge in [-0.15, -0.1) is 0 Å². The normalized spacial score (nSPS) is 11.2. The number of nitrogens with one attached hydrogen (secondary N) is 1. The molecule has 0 saturated heterocycles. The molecule has 0 heterocycles. The predicted molar refractivity (Wildman–Crippen MR) is 71.4 cm³/mol. The topological polar surface area (TPSA) is 63.2 Å². The Hall–Kier alpha value is -1.36. The summed E-state index contributed by atoms with van der Waals surface area (Å²) in [6.07, 6.45) is 4.14. The number of rotatable bonds is 6. The molecule has 0 bridgehead atoms. The van der Waals surface area contributed by atoms with Crippen molar-refractivity contribution in [3.63, 3.8) is 0 Å². The van der Waals surface area contributed by atoms with Gasteiger partial charge in [0.25, 0.3) is 5.91 Å². The second-order valence-electron chi connectivity index (χ2n) is 4.23. The van der Waals surface area contributed by atoms with Crippen molar-refractivity contribution in [1.82, 2.24) is 5.32 Å². The number of unbranched alkanes of at least 4 members (excludes halogenated alkanes) is 2. The molecule has 1 rings (SSSR count). The van der Waals surface area contributed by atoms with E-state index in [1.165, 1.54) is 12.1 Å². The molecule has 18 heavy (non-hydrogen) atoms. The molecule has 0 aliphatic rings. The van der Waals surface area contributed by atoms with Crippen LogP contribution in [-0.4, -0.2) is 27.1 Å². The number of hydrogen-bond acceptors (Lipinski definition) is 3. The molecule has 0 aromatic heterocycles. The fourth-order valence-corrected chi connectivity index (χ4v) is 2.54. The number of hydrogen-bond donors (Lipinski definition) is 1. The van der Waals surface area contributed by atoms with Crippen molar-refractivity contribution in [2.75, 3.05) is 12.8 Å². The molecule has 5 heteroatoms. The van der Waals surface area contributed by atoms with Crippen molar-refractivity contribution in [2.45, 2.75) is 31.1 Å². The average molecular weight is 269 g/mol. The summed E-state index contributed by atoms with van der Waals surface area (Å²) in [4.78, 5) is 12.0. The van der Waals surface area contributed by atoms with Gasteiger partial charge in [-0.25, -0.2) is 8.42 Å². The Morgan fingerprint density at radius 1 is 1.22 bits per heavy atom. The molecule has 4 nitrogen and oxygen atoms in total. The maximum Gasteiger partial charge on any atom is 0.252 e. The van der Waals surface area contributed by atoms with E-state index in [2.05, 4.69) is 12.2 Å². The number of carbonyl (C=O) groups excluding carboxylic acids is 1. The predicted octanol–water partition coefficient (Wildman–Crippen LogP) is 2.01. The molecule has 100 valence electrons. The molecule has 0 aliphatic heterocycles. The van der Waals surface area contributed by atoms with Gasteiger partial charge in [-0.05, 0) is 18.6 Å². The van der Waals surface area contributed by atoms with E-state index in [-0.39, 0.29) is 16.4 Å². The van der Waals surface area contributed by atoms with E-state index in [4.69, 9.17) is 0 Å². The number of sulfone groups is 1. The van der Waals surface area contributed by atoms with Gasteiger partial charge in [-0.2, -0.15) is 0 Å². The zero-order valence-corrected chi connectivity index (χ0v) is 11.6. The van der Waals surface area contributed by atoms with Crippen LogP contribution < -0.4 is 5.32 Å². The van der Waals surface area contributed by atoms with Crippen molar-refractivity contribution in [3.05, 3.63) is 29.8 Å². The first-order valence-electron chi connectivity index (χ1n) is 6.04. The lowest BCUT2D eigenvalue weighted by Gasteiger charge is -2.08. The van der Waals surface area contributed by atoms with Crippen molar-refractivity contribution >= 4 is 15.7 Å². The third kappa shape index (κ3) is 4.14. The molecule has 0 spiro atoms. The summed E-state index contributed by atoms with van der Waals surface area (Å²) >= 11 is 0. The van der Waals surface area contributed by atoms with Gasteiger partial charge in [0.05, 0.1) is 10.5 Å². The molecule has 1 aromatic rings. The van der Waals surface area contributed by atoms with Crippen molar-refractivity contribution in [3.8, 4) is 0 Å². The lowest BCUT2D eigenvalue weighted by Crippen LogP contribution is -2.26. The Morgan fingerprint density at radius 3 is 2.50 bits per heavy atom. The largest absolute Gasteiger partial charge is 0.352 e. The third-order valence-corrected chi connectivity index (χ3v) is 3.75. The maximum atomic E-state index is 11.9. The summed E-state index contributed by atoms with van der Waals surface area (Å²) in [6, 6.07) is 6.27. The first-order chi connectivity index (χ1) is 8.46. The zero-order valence-electron chi connectivity index (χ0n) is 10.8. The third-order valence-electron chi connectivity index (χ3n) is 2.60. The first kappa shape index (κ1) is 14.7. The Morgan fingerprint density at radius 2 is 1.89 bits per heavy atom. The summed E-state index contributed by atoms with van der Waals surface area (Å²) in [7, 11) is -3.37. The van der Waals surface area contributed by atoms with Gasteiger partial charge in [-0.3, -0.25) is 4.79 Å². The smallest absolute Gasteiger partial charge is 0.252 e. The molecule has 0 fully saturated rings. The highest BCUT2D eigenvalue weighted by Gasteiger charge is 2.17. The van der Waals surface area contributed by atoms with E-state index in [9.17, 15) is 13.2 Å². The standard InChI is InChI=1S/C13H19NO3S/c1-3-4-7-10-14-13(15)11-8-5-6-9-12(11)18(2,16)17/h5-6,8-9H,3-4,7,10H2,1-2H3,(H,14,15). The van der Waals surface area contributed by atoms with Crippen molar-refractivity contribution in [1.29, 1.82) is 0 Å². The van der Waals surface area contributed by atoms with E-state index in [1.54, 1.807) is 12.1 Å². The Labute approximate surface area is 108 Å². The highest BCUT2D eigenvalue weighted by molar-refractivity contribution is 7.90. The van der Waals surface area contributed by atoms with E-state index in [1.807, 2.05) is 0 Å². The van der Waals surface area contributed by atoms with Crippen LogP contribution in [0.2, 0.25) is 0 Å². The lowest BCUT2D eigenvalue weighted by molar-refractivity contribution is 0.0949. The molecule has 1 aromatic carbocycles. The lowest BCUT2D eigenvalue weighted by atomic mass is 10.2. The van der Waals surface area contributed by atoms with Crippen molar-refractivity contribution < 1.29 is 13.2 Å². The van der Waals surface area contributed by atoms with E-state index in [0.717, 1.165) is 25.5 Å². The second-order valence-corrected chi connectivity index (χ2v) is 6.22. The minimum Gasteiger partial charge on any atom is -0.352 e. The highest BCUT2D eigenvalue weighted by atomic mass is 32.2. The van der Waals surface area contributed by atoms with Gasteiger partial charge < -0.3 is 5.32 Å². The first-order valence-corrected chi connectivity index (χ1v) is 7.93. The molecule has 0 aliphatic carbocycles. The number of amides is 1. The molecular formula is C13H19NO3S. The Balaban J connectivity index is 2.80. The van der Waals surface area contributed by atoms with Crippen molar-refractivity contribution in [2.24, 2.45) is 0 Å². The molecular weight excluding hydrogens is 250 g/mol. The maximum absolute atomic E-state index is 11.9. The van der Waals surface area contributed by atoms with Gasteiger partial charge in [0.15, 0.2) is 9.84 Å². The molecule has 0 radical (unpaired) electrons. The van der Waals surface area contributed by atoms with Crippen LogP contribution in [0.4, 0.5) is 0 Å². The van der Waals surface area contributed by atoms with Gasteiger partial charge in [-0.1, -0.05) is 31.9 Å². The van der Waals surface area contributed by atoms with Gasteiger partial charge in [0, 0.05) is 12.8 Å². The van der Waals surface area contributed by atoms with E-state index < -0.39 is 9.84 Å². The Bertz CT molecular complexity index is 509. The SMILES string of the molecule is CCCCCNC(=O)c1ccccc1S(C)(=O)=O. The van der Waals surface area contributed by atoms with Crippen LogP contribution in [-0.2, 0) is 9.84 Å². The van der Waals surface area contributed by atoms with Gasteiger partial charge >= 0.3 is 0 Å². The van der Waals surface area contributed by atoms with Crippen LogP contribution in [0.25, 0.3) is 0 Å². The monoisotopic (exact) mass is 269 g/mol. The van der Waals surface area contributed by atoms with Crippen LogP contribution in [0.15, 0.2) is 29.2 Å². The quantitative estimate of drug-likeness (QED) is 0.803. The molecule has 0 atom stereocenters. The highest BCUT2D eigenvalue weighted by Crippen LogP contribution is 2.14. The van der Waals surface area contributed by atoms with E-state index in [0.29, 0.717) is 6.54 Å². The summed E-state index contributed by atoms with van der Waals surface area (Å²) in [5.41, 5.74) is 0.219. The van der Waals surface area contributed by atoms with Crippen LogP contribution in [0.5, 0.6) is 0 Å². The fourth-order valence-electron chi connectivity index (χ4n) is 1.65. The summed E-state index contributed by atoms with van der Waals surface area (Å²) < 4.78 is 23.1. The Kier molecular flexibility index (Phi) is 5.34. The summed E-state index contributed by atoms with van der Waals surface area (Å²) in [6.45, 7) is 2.66. The fraction of sp³-hybridized carbons (Fsp3) is 0.462. The van der Waals surface area contributed by atoms with Crippen LogP contribution >= 0.6 is 0 Å². The minimum atomic E-state index is -3.37. The minimum absolute atomic E-state index is 0.0815. The van der Waals surface area contributed by atoms with Gasteiger partial charge in [0.1, 0.15) is 0 Å². The summed E-state index contributed by atoms with van der Waals surface area (Å²) in [5.74, 6) is -0.327. The molecule has 1 N–H and O–H groups in total. The molecule has 0 unspecified atom stereocenters. The summed E-state index contributed by atoms with van der Waals surface area (Å²) in [5, 5.41) is 2.74. The van der Waals surface area contributed by atoms with Crippen LogP contribution in [0.1, 0.15) is 36.5 Å². The van der Waals surface area contributed by atoms with E-state index >= 15 is 0 Å².